The third-order valence-corrected chi connectivity index (χ3v) is 12.4. The number of fused-ring (bicyclic) bond motifs is 2. The van der Waals surface area contributed by atoms with Crippen LogP contribution in [0.1, 0.15) is 68.0 Å². The molecule has 4 aliphatic rings. The third-order valence-electron chi connectivity index (χ3n) is 12.4. The molecule has 7 rings (SSSR count). The number of aliphatic hydroxyl groups excluding tert-OH is 2. The van der Waals surface area contributed by atoms with E-state index in [-0.39, 0.29) is 36.4 Å². The number of H-pyrrole nitrogens is 1. The van der Waals surface area contributed by atoms with Gasteiger partial charge in [-0.25, -0.2) is 4.98 Å². The number of nitrogens with one attached hydrogen (secondary N) is 3. The normalized spacial score (nSPS) is 26.3. The van der Waals surface area contributed by atoms with Crippen LogP contribution in [0.25, 0.3) is 17.2 Å². The van der Waals surface area contributed by atoms with E-state index < -0.39 is 24.2 Å². The molecule has 12 nitrogen and oxygen atoms in total. The Kier molecular flexibility index (Phi) is 12.2. The number of anilines is 1. The van der Waals surface area contributed by atoms with Crippen molar-refractivity contribution in [3.63, 3.8) is 0 Å². The van der Waals surface area contributed by atoms with Crippen molar-refractivity contribution in [3.8, 4) is 16.9 Å². The van der Waals surface area contributed by atoms with Crippen LogP contribution in [0.3, 0.4) is 0 Å². The lowest BCUT2D eigenvalue weighted by molar-refractivity contribution is -0.183. The number of benzene rings is 2. The highest BCUT2D eigenvalue weighted by atomic mass is 16.7. The van der Waals surface area contributed by atoms with Crippen molar-refractivity contribution in [2.45, 2.75) is 77.8 Å². The van der Waals surface area contributed by atoms with Crippen molar-refractivity contribution >= 4 is 23.6 Å². The van der Waals surface area contributed by atoms with Crippen LogP contribution in [-0.2, 0) is 22.6 Å². The maximum absolute atomic E-state index is 14.2. The summed E-state index contributed by atoms with van der Waals surface area (Å²) in [6.45, 7) is 12.4. The number of methoxy groups -OCH3 is 1. The first-order chi connectivity index (χ1) is 26.3. The van der Waals surface area contributed by atoms with E-state index in [9.17, 15) is 19.8 Å². The Morgan fingerprint density at radius 3 is 2.67 bits per heavy atom. The Morgan fingerprint density at radius 1 is 1.24 bits per heavy atom. The Labute approximate surface area is 325 Å². The van der Waals surface area contributed by atoms with E-state index in [4.69, 9.17) is 9.57 Å². The zero-order valence-corrected chi connectivity index (χ0v) is 33.2. The van der Waals surface area contributed by atoms with Crippen molar-refractivity contribution < 1.29 is 29.4 Å². The second-order valence-corrected chi connectivity index (χ2v) is 16.3. The van der Waals surface area contributed by atoms with Gasteiger partial charge in [-0.3, -0.25) is 14.4 Å². The summed E-state index contributed by atoms with van der Waals surface area (Å²) in [5.74, 6) is 1.71. The SMILES string of the molecule is C=CC=Cc1cnc(CCNC(=O)c2cc(-c3cccc(CN4O[C@@H](CO)[C@@H]([C@H](C)O)[C@H]4C(=O)N[C@H]4C[C@H]5C[C@@H]([C@@H]4C)C5(C)C)c3OC)cc(N(C)C)c2)[nH]1. The second-order valence-electron chi connectivity index (χ2n) is 16.3. The van der Waals surface area contributed by atoms with Gasteiger partial charge in [0.05, 0.1) is 38.3 Å². The van der Waals surface area contributed by atoms with E-state index in [1.165, 1.54) is 6.42 Å². The number of allylic oxidation sites excluding steroid dienone is 2. The standard InChI is InChI=1S/C43H58N6O6/c1-9-10-13-31-22-45-37(46-31)15-16-44-41(52)29-17-28(18-32(19-29)48(6)7)33-14-11-12-27(40(33)54-8)23-49-39(38(26(3)51)36(24-50)55-49)42(53)47-35-21-30-20-34(25(35)2)43(30,4)5/h9-14,17-19,22,25-26,30,34-36,38-39,50-51H,1,15-16,20-21,23-24H2,2-8H3,(H,44,52)(H,45,46)(H,47,53)/t25-,26-,30+,34-,35-,36-,38+,39-/m0/s1. The highest BCUT2D eigenvalue weighted by Crippen LogP contribution is 2.61. The lowest BCUT2D eigenvalue weighted by atomic mass is 9.45. The minimum atomic E-state index is -0.906. The number of carbonyl (C=O) groups is 2. The van der Waals surface area contributed by atoms with Crippen LogP contribution in [0.5, 0.6) is 5.75 Å². The maximum atomic E-state index is 14.2. The van der Waals surface area contributed by atoms with E-state index in [0.29, 0.717) is 42.0 Å². The fourth-order valence-corrected chi connectivity index (χ4v) is 9.14. The molecule has 1 aromatic heterocycles. The summed E-state index contributed by atoms with van der Waals surface area (Å²) in [5, 5.41) is 29.3. The number of hydrogen-bond acceptors (Lipinski definition) is 9. The summed E-state index contributed by atoms with van der Waals surface area (Å²) >= 11 is 0. The van der Waals surface area contributed by atoms with Gasteiger partial charge < -0.3 is 35.5 Å². The van der Waals surface area contributed by atoms with Crippen LogP contribution in [0, 0.1) is 29.1 Å². The van der Waals surface area contributed by atoms with Crippen molar-refractivity contribution in [2.24, 2.45) is 29.1 Å². The smallest absolute Gasteiger partial charge is 0.251 e. The number of amides is 2. The topological polar surface area (TPSA) is 152 Å². The van der Waals surface area contributed by atoms with Crippen LogP contribution in [0.15, 0.2) is 61.3 Å². The molecular weight excluding hydrogens is 697 g/mol. The molecule has 2 amide bonds. The number of aromatic amines is 1. The van der Waals surface area contributed by atoms with Crippen LogP contribution in [0.4, 0.5) is 5.69 Å². The minimum absolute atomic E-state index is 0.0324. The second kappa shape index (κ2) is 16.7. The molecule has 2 bridgehead atoms. The molecule has 4 fully saturated rings. The van der Waals surface area contributed by atoms with Crippen LogP contribution >= 0.6 is 0 Å². The summed E-state index contributed by atoms with van der Waals surface area (Å²) in [6, 6.07) is 10.7. The Bertz CT molecular complexity index is 1890. The largest absolute Gasteiger partial charge is 0.496 e. The van der Waals surface area contributed by atoms with Gasteiger partial charge in [-0.15, -0.1) is 0 Å². The molecule has 2 heterocycles. The first kappa shape index (κ1) is 40.2. The molecule has 1 aliphatic heterocycles. The predicted octanol–water partition coefficient (Wildman–Crippen LogP) is 4.98. The van der Waals surface area contributed by atoms with Gasteiger partial charge in [0.2, 0.25) is 5.91 Å². The predicted molar refractivity (Wildman–Crippen MR) is 214 cm³/mol. The number of para-hydroxylation sites is 1. The van der Waals surface area contributed by atoms with Gasteiger partial charge in [-0.2, -0.15) is 5.06 Å². The number of hydrogen-bond donors (Lipinski definition) is 5. The van der Waals surface area contributed by atoms with E-state index >= 15 is 0 Å². The quantitative estimate of drug-likeness (QED) is 0.135. The van der Waals surface area contributed by atoms with Crippen molar-refractivity contribution in [1.82, 2.24) is 25.7 Å². The molecule has 55 heavy (non-hydrogen) atoms. The fraction of sp³-hybridized carbons (Fsp3) is 0.512. The van der Waals surface area contributed by atoms with Crippen molar-refractivity contribution in [3.05, 3.63) is 84.0 Å². The average Bonchev–Trinajstić information content (AvgIpc) is 3.78. The molecular formula is C43H58N6O6. The van der Waals surface area contributed by atoms with Gasteiger partial charge in [-0.05, 0) is 72.8 Å². The van der Waals surface area contributed by atoms with E-state index in [2.05, 4.69) is 48.0 Å². The van der Waals surface area contributed by atoms with Gasteiger partial charge in [0.15, 0.2) is 0 Å². The summed E-state index contributed by atoms with van der Waals surface area (Å²) in [6.07, 6.45) is 8.14. The molecule has 12 heteroatoms. The number of hydroxylamine groups is 2. The third kappa shape index (κ3) is 8.23. The molecule has 1 saturated heterocycles. The molecule has 296 valence electrons. The Balaban J connectivity index is 1.23. The number of imidazole rings is 1. The average molecular weight is 755 g/mol. The minimum Gasteiger partial charge on any atom is -0.496 e. The molecule has 3 aromatic rings. The number of nitrogens with zero attached hydrogens (tertiary/aromatic N) is 3. The maximum Gasteiger partial charge on any atom is 0.251 e. The zero-order chi connectivity index (χ0) is 39.6. The number of rotatable bonds is 15. The summed E-state index contributed by atoms with van der Waals surface area (Å²) in [4.78, 5) is 43.6. The van der Waals surface area contributed by atoms with Gasteiger partial charge in [0.25, 0.3) is 5.91 Å². The molecule has 0 unspecified atom stereocenters. The zero-order valence-electron chi connectivity index (χ0n) is 33.2. The highest BCUT2D eigenvalue weighted by molar-refractivity contribution is 5.97. The highest BCUT2D eigenvalue weighted by Gasteiger charge is 2.57. The van der Waals surface area contributed by atoms with Gasteiger partial charge in [0.1, 0.15) is 23.7 Å². The molecule has 2 aromatic carbocycles. The summed E-state index contributed by atoms with van der Waals surface area (Å²) < 4.78 is 6.06. The van der Waals surface area contributed by atoms with Gasteiger partial charge in [-0.1, -0.05) is 57.7 Å². The van der Waals surface area contributed by atoms with Crippen LogP contribution < -0.4 is 20.3 Å². The number of ether oxygens (including phenoxy) is 1. The molecule has 8 atom stereocenters. The van der Waals surface area contributed by atoms with Gasteiger partial charge >= 0.3 is 0 Å². The summed E-state index contributed by atoms with van der Waals surface area (Å²) in [7, 11) is 5.45. The van der Waals surface area contributed by atoms with Crippen molar-refractivity contribution in [1.29, 1.82) is 0 Å². The van der Waals surface area contributed by atoms with Gasteiger partial charge in [0, 0.05) is 61.4 Å². The number of aliphatic hydroxyl groups is 2. The lowest BCUT2D eigenvalue weighted by Gasteiger charge is -2.62. The van der Waals surface area contributed by atoms with Crippen LogP contribution in [-0.4, -0.2) is 95.7 Å². The van der Waals surface area contributed by atoms with E-state index in [1.807, 2.05) is 67.5 Å². The summed E-state index contributed by atoms with van der Waals surface area (Å²) in [5.41, 5.74) is 4.75. The van der Waals surface area contributed by atoms with Crippen LogP contribution in [0.2, 0.25) is 0 Å². The first-order valence-electron chi connectivity index (χ1n) is 19.4. The first-order valence-corrected chi connectivity index (χ1v) is 19.4. The van der Waals surface area contributed by atoms with Crippen molar-refractivity contribution in [2.75, 3.05) is 39.3 Å². The molecule has 3 aliphatic carbocycles. The van der Waals surface area contributed by atoms with E-state index in [1.54, 1.807) is 31.4 Å². The van der Waals surface area contributed by atoms with E-state index in [0.717, 1.165) is 40.3 Å². The lowest BCUT2D eigenvalue weighted by Crippen LogP contribution is -2.62. The molecule has 5 N–H and O–H groups in total. The monoisotopic (exact) mass is 754 g/mol. The fourth-order valence-electron chi connectivity index (χ4n) is 9.14. The Morgan fingerprint density at radius 2 is 2.02 bits per heavy atom. The molecule has 3 saturated carbocycles. The number of carbonyl (C=O) groups excluding carboxylic acids is 2. The number of aromatic nitrogens is 2. The Hall–Kier alpha value is -4.49. The molecule has 0 spiro atoms. The molecule has 0 radical (unpaired) electrons.